The fraction of sp³-hybridized carbons (Fsp3) is 0.391. The SMILES string of the molecule is CCN(Cc1cccc(F)c1)C(=O)CN1CCCN(C(=O)c2ccccc2)CC1. The highest BCUT2D eigenvalue weighted by Crippen LogP contribution is 2.11. The minimum absolute atomic E-state index is 0.0274. The Bertz CT molecular complexity index is 828. The molecule has 0 unspecified atom stereocenters. The maximum atomic E-state index is 13.4. The van der Waals surface area contributed by atoms with Crippen molar-refractivity contribution in [1.82, 2.24) is 14.7 Å². The van der Waals surface area contributed by atoms with Crippen molar-refractivity contribution in [3.8, 4) is 0 Å². The molecular weight excluding hydrogens is 369 g/mol. The van der Waals surface area contributed by atoms with E-state index in [1.54, 1.807) is 11.0 Å². The second-order valence-corrected chi connectivity index (χ2v) is 7.33. The van der Waals surface area contributed by atoms with Gasteiger partial charge in [-0.2, -0.15) is 0 Å². The molecule has 1 aliphatic heterocycles. The van der Waals surface area contributed by atoms with E-state index < -0.39 is 0 Å². The molecule has 29 heavy (non-hydrogen) atoms. The Hall–Kier alpha value is -2.73. The van der Waals surface area contributed by atoms with Gasteiger partial charge in [-0.15, -0.1) is 0 Å². The molecule has 0 N–H and O–H groups in total. The van der Waals surface area contributed by atoms with Crippen molar-refractivity contribution in [2.75, 3.05) is 39.3 Å². The molecule has 0 bridgehead atoms. The van der Waals surface area contributed by atoms with Gasteiger partial charge >= 0.3 is 0 Å². The maximum absolute atomic E-state index is 13.4. The molecule has 0 spiro atoms. The number of hydrogen-bond donors (Lipinski definition) is 0. The van der Waals surface area contributed by atoms with Crippen molar-refractivity contribution < 1.29 is 14.0 Å². The Morgan fingerprint density at radius 3 is 2.52 bits per heavy atom. The topological polar surface area (TPSA) is 43.9 Å². The third kappa shape index (κ3) is 5.87. The van der Waals surface area contributed by atoms with Crippen LogP contribution in [0.3, 0.4) is 0 Å². The molecule has 154 valence electrons. The summed E-state index contributed by atoms with van der Waals surface area (Å²) in [5.41, 5.74) is 1.49. The van der Waals surface area contributed by atoms with Crippen LogP contribution in [-0.4, -0.2) is 65.8 Å². The molecule has 6 heteroatoms. The lowest BCUT2D eigenvalue weighted by Crippen LogP contribution is -2.41. The zero-order valence-electron chi connectivity index (χ0n) is 16.9. The molecule has 0 aromatic heterocycles. The molecule has 3 rings (SSSR count). The Morgan fingerprint density at radius 2 is 1.79 bits per heavy atom. The Labute approximate surface area is 171 Å². The lowest BCUT2D eigenvalue weighted by Gasteiger charge is -2.26. The van der Waals surface area contributed by atoms with E-state index in [1.807, 2.05) is 48.2 Å². The van der Waals surface area contributed by atoms with Gasteiger partial charge in [-0.1, -0.05) is 30.3 Å². The van der Waals surface area contributed by atoms with Crippen LogP contribution in [0.1, 0.15) is 29.3 Å². The summed E-state index contributed by atoms with van der Waals surface area (Å²) in [5, 5.41) is 0. The molecule has 1 aliphatic rings. The van der Waals surface area contributed by atoms with Crippen LogP contribution in [0.2, 0.25) is 0 Å². The standard InChI is InChI=1S/C23H28FN3O2/c1-2-26(17-19-8-6-11-21(24)16-19)22(28)18-25-12-7-13-27(15-14-25)23(29)20-9-4-3-5-10-20/h3-6,8-11,16H,2,7,12-15,17-18H2,1H3. The largest absolute Gasteiger partial charge is 0.338 e. The van der Waals surface area contributed by atoms with Crippen LogP contribution in [0.5, 0.6) is 0 Å². The lowest BCUT2D eigenvalue weighted by molar-refractivity contribution is -0.132. The van der Waals surface area contributed by atoms with Gasteiger partial charge in [-0.3, -0.25) is 14.5 Å². The van der Waals surface area contributed by atoms with Crippen LogP contribution in [0.4, 0.5) is 4.39 Å². The highest BCUT2D eigenvalue weighted by molar-refractivity contribution is 5.94. The third-order valence-electron chi connectivity index (χ3n) is 5.25. The number of nitrogens with zero attached hydrogens (tertiary/aromatic N) is 3. The summed E-state index contributed by atoms with van der Waals surface area (Å²) in [5.74, 6) is -0.221. The highest BCUT2D eigenvalue weighted by atomic mass is 19.1. The monoisotopic (exact) mass is 397 g/mol. The number of hydrogen-bond acceptors (Lipinski definition) is 3. The zero-order valence-corrected chi connectivity index (χ0v) is 16.9. The Morgan fingerprint density at radius 1 is 1.00 bits per heavy atom. The van der Waals surface area contributed by atoms with Gasteiger partial charge in [0.15, 0.2) is 0 Å². The van der Waals surface area contributed by atoms with Gasteiger partial charge < -0.3 is 9.80 Å². The van der Waals surface area contributed by atoms with E-state index in [1.165, 1.54) is 12.1 Å². The molecule has 0 aliphatic carbocycles. The minimum atomic E-state index is -0.290. The summed E-state index contributed by atoms with van der Waals surface area (Å²) >= 11 is 0. The van der Waals surface area contributed by atoms with E-state index in [4.69, 9.17) is 0 Å². The van der Waals surface area contributed by atoms with Gasteiger partial charge in [-0.05, 0) is 43.2 Å². The first-order valence-electron chi connectivity index (χ1n) is 10.2. The van der Waals surface area contributed by atoms with E-state index in [2.05, 4.69) is 4.90 Å². The summed E-state index contributed by atoms with van der Waals surface area (Å²) in [4.78, 5) is 31.2. The fourth-order valence-electron chi connectivity index (χ4n) is 3.62. The first-order chi connectivity index (χ1) is 14.1. The summed E-state index contributed by atoms with van der Waals surface area (Å²) in [6, 6.07) is 15.7. The van der Waals surface area contributed by atoms with E-state index in [-0.39, 0.29) is 17.6 Å². The molecule has 0 saturated carbocycles. The molecular formula is C23H28FN3O2. The predicted octanol–water partition coefficient (Wildman–Crippen LogP) is 3.02. The zero-order chi connectivity index (χ0) is 20.6. The van der Waals surface area contributed by atoms with Gasteiger partial charge in [0.25, 0.3) is 5.91 Å². The van der Waals surface area contributed by atoms with E-state index in [9.17, 15) is 14.0 Å². The van der Waals surface area contributed by atoms with Crippen molar-refractivity contribution >= 4 is 11.8 Å². The van der Waals surface area contributed by atoms with E-state index >= 15 is 0 Å². The van der Waals surface area contributed by atoms with Gasteiger partial charge in [0.1, 0.15) is 5.82 Å². The first-order valence-corrected chi connectivity index (χ1v) is 10.2. The number of benzene rings is 2. The number of carbonyl (C=O) groups is 2. The Balaban J connectivity index is 1.54. The summed E-state index contributed by atoms with van der Waals surface area (Å²) < 4.78 is 13.4. The molecule has 2 aromatic carbocycles. The molecule has 0 radical (unpaired) electrons. The Kier molecular flexibility index (Phi) is 7.36. The molecule has 5 nitrogen and oxygen atoms in total. The average molecular weight is 397 g/mol. The summed E-state index contributed by atoms with van der Waals surface area (Å²) in [7, 11) is 0. The quantitative estimate of drug-likeness (QED) is 0.753. The second kappa shape index (κ2) is 10.2. The van der Waals surface area contributed by atoms with Crippen LogP contribution in [0.25, 0.3) is 0 Å². The van der Waals surface area contributed by atoms with Gasteiger partial charge in [0, 0.05) is 44.8 Å². The van der Waals surface area contributed by atoms with Gasteiger partial charge in [-0.25, -0.2) is 4.39 Å². The van der Waals surface area contributed by atoms with Crippen molar-refractivity contribution in [1.29, 1.82) is 0 Å². The van der Waals surface area contributed by atoms with Crippen molar-refractivity contribution in [2.24, 2.45) is 0 Å². The van der Waals surface area contributed by atoms with E-state index in [0.717, 1.165) is 18.5 Å². The van der Waals surface area contributed by atoms with Crippen LogP contribution in [-0.2, 0) is 11.3 Å². The van der Waals surface area contributed by atoms with Gasteiger partial charge in [0.05, 0.1) is 6.54 Å². The molecule has 2 amide bonds. The molecule has 1 fully saturated rings. The number of rotatable bonds is 6. The summed E-state index contributed by atoms with van der Waals surface area (Å²) in [6.45, 7) is 5.97. The predicted molar refractivity (Wildman–Crippen MR) is 111 cm³/mol. The summed E-state index contributed by atoms with van der Waals surface area (Å²) in [6.07, 6.45) is 0.835. The number of amides is 2. The van der Waals surface area contributed by atoms with Crippen LogP contribution in [0, 0.1) is 5.82 Å². The number of likely N-dealkylation sites (N-methyl/N-ethyl adjacent to an activating group) is 1. The third-order valence-corrected chi connectivity index (χ3v) is 5.25. The molecule has 0 atom stereocenters. The van der Waals surface area contributed by atoms with Crippen molar-refractivity contribution in [2.45, 2.75) is 19.9 Å². The number of halogens is 1. The van der Waals surface area contributed by atoms with E-state index in [0.29, 0.717) is 44.8 Å². The van der Waals surface area contributed by atoms with Crippen molar-refractivity contribution in [3.05, 3.63) is 71.5 Å². The molecule has 2 aromatic rings. The van der Waals surface area contributed by atoms with Crippen molar-refractivity contribution in [3.63, 3.8) is 0 Å². The van der Waals surface area contributed by atoms with Crippen LogP contribution >= 0.6 is 0 Å². The minimum Gasteiger partial charge on any atom is -0.338 e. The lowest BCUT2D eigenvalue weighted by atomic mass is 10.2. The second-order valence-electron chi connectivity index (χ2n) is 7.33. The first kappa shape index (κ1) is 21.0. The van der Waals surface area contributed by atoms with Crippen LogP contribution < -0.4 is 0 Å². The maximum Gasteiger partial charge on any atom is 0.253 e. The molecule has 1 saturated heterocycles. The smallest absolute Gasteiger partial charge is 0.253 e. The number of carbonyl (C=O) groups excluding carboxylic acids is 2. The molecule has 1 heterocycles. The van der Waals surface area contributed by atoms with Gasteiger partial charge in [0.2, 0.25) is 5.91 Å². The fourth-order valence-corrected chi connectivity index (χ4v) is 3.62. The average Bonchev–Trinajstić information content (AvgIpc) is 2.97. The highest BCUT2D eigenvalue weighted by Gasteiger charge is 2.23. The van der Waals surface area contributed by atoms with Crippen LogP contribution in [0.15, 0.2) is 54.6 Å². The normalized spacial score (nSPS) is 15.0.